The lowest BCUT2D eigenvalue weighted by molar-refractivity contribution is 0.554. The zero-order chi connectivity index (χ0) is 8.10. The van der Waals surface area contributed by atoms with Gasteiger partial charge in [0.15, 0.2) is 0 Å². The van der Waals surface area contributed by atoms with Crippen LogP contribution in [0.2, 0.25) is 0 Å². The molecule has 0 saturated carbocycles. The van der Waals surface area contributed by atoms with Crippen LogP contribution >= 0.6 is 0 Å². The Hall–Kier alpha value is -1.50. The van der Waals surface area contributed by atoms with Crippen LogP contribution in [0.25, 0.3) is 5.57 Å². The van der Waals surface area contributed by atoms with E-state index < -0.39 is 0 Å². The largest absolute Gasteiger partial charge is 0.464 e. The lowest BCUT2D eigenvalue weighted by Crippen LogP contribution is -1.70. The topological polar surface area (TPSA) is 13.1 Å². The van der Waals surface area contributed by atoms with E-state index in [1.165, 1.54) is 0 Å². The van der Waals surface area contributed by atoms with Crippen LogP contribution in [0.5, 0.6) is 0 Å². The molecule has 0 atom stereocenters. The minimum absolute atomic E-state index is 0.795. The number of furan rings is 1. The van der Waals surface area contributed by atoms with E-state index in [-0.39, 0.29) is 0 Å². The second kappa shape index (κ2) is 3.62. The van der Waals surface area contributed by atoms with E-state index in [1.807, 2.05) is 24.3 Å². The Morgan fingerprint density at radius 3 is 2.91 bits per heavy atom. The summed E-state index contributed by atoms with van der Waals surface area (Å²) in [5.41, 5.74) is 0.856. The van der Waals surface area contributed by atoms with E-state index in [0.717, 1.165) is 11.3 Å². The zero-order valence-electron chi connectivity index (χ0n) is 6.29. The fraction of sp³-hybridized carbons (Fsp3) is 0. The monoisotopic (exact) mass is 146 g/mol. The first-order valence-corrected chi connectivity index (χ1v) is 3.36. The van der Waals surface area contributed by atoms with Gasteiger partial charge in [-0.3, -0.25) is 0 Å². The summed E-state index contributed by atoms with van der Waals surface area (Å²) in [5, 5.41) is 0. The van der Waals surface area contributed by atoms with Crippen LogP contribution in [0.15, 0.2) is 54.2 Å². The maximum Gasteiger partial charge on any atom is 0.133 e. The molecular formula is C10H10O. The molecule has 1 heteroatoms. The summed E-state index contributed by atoms with van der Waals surface area (Å²) in [5.74, 6) is 0.795. The summed E-state index contributed by atoms with van der Waals surface area (Å²) in [6.07, 6.45) is 7.01. The second-order valence-electron chi connectivity index (χ2n) is 2.10. The number of rotatable bonds is 3. The van der Waals surface area contributed by atoms with Gasteiger partial charge in [0.25, 0.3) is 0 Å². The quantitative estimate of drug-likeness (QED) is 0.597. The maximum absolute atomic E-state index is 5.11. The molecule has 0 spiro atoms. The van der Waals surface area contributed by atoms with Gasteiger partial charge in [0.2, 0.25) is 0 Å². The first-order chi connectivity index (χ1) is 5.34. The number of allylic oxidation sites excluding steroid dienone is 4. The Balaban J connectivity index is 2.71. The Morgan fingerprint density at radius 1 is 1.55 bits per heavy atom. The summed E-state index contributed by atoms with van der Waals surface area (Å²) in [7, 11) is 0. The molecular weight excluding hydrogens is 136 g/mol. The van der Waals surface area contributed by atoms with E-state index in [4.69, 9.17) is 4.42 Å². The lowest BCUT2D eigenvalue weighted by atomic mass is 10.2. The van der Waals surface area contributed by atoms with Gasteiger partial charge in [-0.05, 0) is 12.1 Å². The highest BCUT2D eigenvalue weighted by molar-refractivity contribution is 5.68. The molecule has 1 aromatic heterocycles. The van der Waals surface area contributed by atoms with Crippen LogP contribution in [0.3, 0.4) is 0 Å². The highest BCUT2D eigenvalue weighted by Gasteiger charge is 1.94. The van der Waals surface area contributed by atoms with Crippen molar-refractivity contribution in [2.24, 2.45) is 0 Å². The van der Waals surface area contributed by atoms with Crippen molar-refractivity contribution in [2.75, 3.05) is 0 Å². The molecule has 1 aromatic rings. The van der Waals surface area contributed by atoms with Gasteiger partial charge in [0.05, 0.1) is 6.26 Å². The van der Waals surface area contributed by atoms with E-state index in [9.17, 15) is 0 Å². The van der Waals surface area contributed by atoms with Crippen molar-refractivity contribution in [1.29, 1.82) is 0 Å². The van der Waals surface area contributed by atoms with Gasteiger partial charge in [-0.2, -0.15) is 0 Å². The molecule has 0 unspecified atom stereocenters. The molecule has 0 saturated heterocycles. The van der Waals surface area contributed by atoms with Gasteiger partial charge in [-0.1, -0.05) is 31.4 Å². The summed E-state index contributed by atoms with van der Waals surface area (Å²) in [6.45, 7) is 7.36. The molecule has 0 aliphatic heterocycles. The molecule has 0 aliphatic rings. The summed E-state index contributed by atoms with van der Waals surface area (Å²) >= 11 is 0. The highest BCUT2D eigenvalue weighted by Crippen LogP contribution is 2.13. The van der Waals surface area contributed by atoms with Gasteiger partial charge in [0.1, 0.15) is 5.76 Å². The second-order valence-corrected chi connectivity index (χ2v) is 2.10. The van der Waals surface area contributed by atoms with E-state index in [1.54, 1.807) is 12.3 Å². The smallest absolute Gasteiger partial charge is 0.133 e. The molecule has 0 N–H and O–H groups in total. The van der Waals surface area contributed by atoms with Crippen molar-refractivity contribution in [3.05, 3.63) is 55.5 Å². The van der Waals surface area contributed by atoms with Gasteiger partial charge in [0, 0.05) is 5.57 Å². The normalized spacial score (nSPS) is 10.2. The Kier molecular flexibility index (Phi) is 2.50. The molecule has 1 heterocycles. The van der Waals surface area contributed by atoms with Gasteiger partial charge in [-0.15, -0.1) is 0 Å². The summed E-state index contributed by atoms with van der Waals surface area (Å²) in [4.78, 5) is 0. The predicted molar refractivity (Wildman–Crippen MR) is 47.1 cm³/mol. The number of hydrogen-bond acceptors (Lipinski definition) is 1. The summed E-state index contributed by atoms with van der Waals surface area (Å²) in [6, 6.07) is 3.71. The molecule has 0 radical (unpaired) electrons. The van der Waals surface area contributed by atoms with Crippen molar-refractivity contribution >= 4 is 5.57 Å². The third-order valence-electron chi connectivity index (χ3n) is 1.27. The van der Waals surface area contributed by atoms with Gasteiger partial charge >= 0.3 is 0 Å². The Labute approximate surface area is 66.3 Å². The molecule has 0 fully saturated rings. The molecule has 1 nitrogen and oxygen atoms in total. The van der Waals surface area contributed by atoms with Gasteiger partial charge in [-0.25, -0.2) is 0 Å². The minimum atomic E-state index is 0.795. The molecule has 1 rings (SSSR count). The van der Waals surface area contributed by atoms with Crippen molar-refractivity contribution < 1.29 is 4.42 Å². The fourth-order valence-electron chi connectivity index (χ4n) is 0.728. The Bertz CT molecular complexity index is 265. The molecule has 11 heavy (non-hydrogen) atoms. The first-order valence-electron chi connectivity index (χ1n) is 3.36. The van der Waals surface area contributed by atoms with E-state index in [0.29, 0.717) is 0 Å². The molecule has 0 aliphatic carbocycles. The third-order valence-corrected chi connectivity index (χ3v) is 1.27. The standard InChI is InChI=1S/C10H10O/c1-3-4-6-9(2)10-7-5-8-11-10/h3-8H,1-2H2/b6-4-. The SMILES string of the molecule is C=C/C=C\C(=C)c1ccco1. The van der Waals surface area contributed by atoms with Crippen molar-refractivity contribution in [1.82, 2.24) is 0 Å². The molecule has 0 aromatic carbocycles. The van der Waals surface area contributed by atoms with Crippen LogP contribution in [0.1, 0.15) is 5.76 Å². The Morgan fingerprint density at radius 2 is 2.36 bits per heavy atom. The van der Waals surface area contributed by atoms with Crippen molar-refractivity contribution in [2.45, 2.75) is 0 Å². The predicted octanol–water partition coefficient (Wildman–Crippen LogP) is 3.04. The molecule has 56 valence electrons. The van der Waals surface area contributed by atoms with Crippen LogP contribution in [-0.4, -0.2) is 0 Å². The molecule has 0 amide bonds. The third kappa shape index (κ3) is 1.97. The van der Waals surface area contributed by atoms with Gasteiger partial charge < -0.3 is 4.42 Å². The summed E-state index contributed by atoms with van der Waals surface area (Å²) < 4.78 is 5.11. The van der Waals surface area contributed by atoms with Crippen molar-refractivity contribution in [3.8, 4) is 0 Å². The average molecular weight is 146 g/mol. The fourth-order valence-corrected chi connectivity index (χ4v) is 0.728. The van der Waals surface area contributed by atoms with Crippen LogP contribution in [-0.2, 0) is 0 Å². The number of hydrogen-bond donors (Lipinski definition) is 0. The highest BCUT2D eigenvalue weighted by atomic mass is 16.3. The van der Waals surface area contributed by atoms with E-state index in [2.05, 4.69) is 13.2 Å². The maximum atomic E-state index is 5.11. The van der Waals surface area contributed by atoms with E-state index >= 15 is 0 Å². The lowest BCUT2D eigenvalue weighted by Gasteiger charge is -1.90. The van der Waals surface area contributed by atoms with Crippen LogP contribution in [0, 0.1) is 0 Å². The average Bonchev–Trinajstić information content (AvgIpc) is 2.52. The first kappa shape index (κ1) is 7.61. The van der Waals surface area contributed by atoms with Crippen molar-refractivity contribution in [3.63, 3.8) is 0 Å². The van der Waals surface area contributed by atoms with Crippen LogP contribution < -0.4 is 0 Å². The molecule has 0 bridgehead atoms. The minimum Gasteiger partial charge on any atom is -0.464 e. The van der Waals surface area contributed by atoms with Crippen LogP contribution in [0.4, 0.5) is 0 Å². The zero-order valence-corrected chi connectivity index (χ0v) is 6.29.